The molecule has 132 valence electrons. The first-order chi connectivity index (χ1) is 11.4. The van der Waals surface area contributed by atoms with Crippen molar-refractivity contribution in [3.63, 3.8) is 0 Å². The Hall–Kier alpha value is -1.06. The van der Waals surface area contributed by atoms with Crippen LogP contribution >= 0.6 is 0 Å². The Balaban J connectivity index is 1.54. The number of fused-ring (bicyclic) bond motifs is 3. The molecular weight excluding hydrogens is 300 g/mol. The molecule has 24 heavy (non-hydrogen) atoms. The quantitative estimate of drug-likeness (QED) is 0.783. The molecule has 0 spiro atoms. The molecule has 0 bridgehead atoms. The number of phenols is 1. The maximum atomic E-state index is 9.47. The van der Waals surface area contributed by atoms with Crippen LogP contribution in [0.5, 0.6) is 5.75 Å². The zero-order valence-electron chi connectivity index (χ0n) is 15.1. The summed E-state index contributed by atoms with van der Waals surface area (Å²) >= 11 is 0. The molecule has 0 aromatic heterocycles. The highest BCUT2D eigenvalue weighted by atomic mass is 16.7. The van der Waals surface area contributed by atoms with Crippen molar-refractivity contribution in [2.75, 3.05) is 6.61 Å². The fraction of sp³-hybridized carbons (Fsp3) is 0.714. The van der Waals surface area contributed by atoms with Gasteiger partial charge in [0.1, 0.15) is 5.75 Å². The molecule has 5 atom stereocenters. The number of rotatable bonds is 1. The lowest BCUT2D eigenvalue weighted by molar-refractivity contribution is -0.285. The van der Waals surface area contributed by atoms with Gasteiger partial charge in [-0.1, -0.05) is 39.3 Å². The standard InChI is InChI=1S/C21H30O3/c1-20(2)11-4-12-21(3)16-13-23-19(14-5-7-15(22)8-6-14)24-17(16)9-10-18(20)21/h5-8,16-19,22H,4,9-13H2,1-3H3/t16-,17+,18?,19-,21+/m1/s1. The minimum absolute atomic E-state index is 0.282. The average molecular weight is 330 g/mol. The van der Waals surface area contributed by atoms with Crippen LogP contribution < -0.4 is 0 Å². The summed E-state index contributed by atoms with van der Waals surface area (Å²) in [5.74, 6) is 1.56. The molecule has 3 fully saturated rings. The normalized spacial score (nSPS) is 41.3. The fourth-order valence-electron chi connectivity index (χ4n) is 5.94. The van der Waals surface area contributed by atoms with Gasteiger partial charge in [-0.05, 0) is 54.6 Å². The van der Waals surface area contributed by atoms with E-state index in [1.807, 2.05) is 12.1 Å². The van der Waals surface area contributed by atoms with Gasteiger partial charge in [0.25, 0.3) is 0 Å². The first kappa shape index (κ1) is 16.4. The summed E-state index contributed by atoms with van der Waals surface area (Å²) in [6, 6.07) is 7.21. The third-order valence-corrected chi connectivity index (χ3v) is 7.20. The van der Waals surface area contributed by atoms with Gasteiger partial charge in [-0.2, -0.15) is 0 Å². The van der Waals surface area contributed by atoms with Gasteiger partial charge in [0, 0.05) is 11.5 Å². The molecule has 1 aliphatic heterocycles. The van der Waals surface area contributed by atoms with Crippen molar-refractivity contribution in [1.82, 2.24) is 0 Å². The van der Waals surface area contributed by atoms with Gasteiger partial charge in [-0.15, -0.1) is 0 Å². The monoisotopic (exact) mass is 330 g/mol. The second-order valence-corrected chi connectivity index (χ2v) is 9.02. The minimum Gasteiger partial charge on any atom is -0.508 e. The fourth-order valence-corrected chi connectivity index (χ4v) is 5.94. The molecule has 3 heteroatoms. The molecule has 4 rings (SSSR count). The van der Waals surface area contributed by atoms with E-state index in [0.717, 1.165) is 24.5 Å². The smallest absolute Gasteiger partial charge is 0.184 e. The van der Waals surface area contributed by atoms with Crippen LogP contribution in [-0.2, 0) is 9.47 Å². The van der Waals surface area contributed by atoms with Crippen molar-refractivity contribution < 1.29 is 14.6 Å². The highest BCUT2D eigenvalue weighted by Crippen LogP contribution is 2.61. The van der Waals surface area contributed by atoms with E-state index in [1.165, 1.54) is 25.7 Å². The predicted octanol–water partition coefficient (Wildman–Crippen LogP) is 5.05. The van der Waals surface area contributed by atoms with Crippen molar-refractivity contribution in [2.45, 2.75) is 65.3 Å². The summed E-state index contributed by atoms with van der Waals surface area (Å²) in [6.45, 7) is 8.20. The van der Waals surface area contributed by atoms with E-state index in [0.29, 0.717) is 22.9 Å². The van der Waals surface area contributed by atoms with E-state index >= 15 is 0 Å². The van der Waals surface area contributed by atoms with Crippen LogP contribution in [0.25, 0.3) is 0 Å². The van der Waals surface area contributed by atoms with Crippen LogP contribution in [-0.4, -0.2) is 17.8 Å². The lowest BCUT2D eigenvalue weighted by Crippen LogP contribution is -2.56. The van der Waals surface area contributed by atoms with E-state index in [2.05, 4.69) is 20.8 Å². The zero-order valence-corrected chi connectivity index (χ0v) is 15.1. The number of aromatic hydroxyl groups is 1. The topological polar surface area (TPSA) is 38.7 Å². The molecule has 1 aromatic rings. The maximum absolute atomic E-state index is 9.47. The summed E-state index contributed by atoms with van der Waals surface area (Å²) < 4.78 is 12.5. The van der Waals surface area contributed by atoms with E-state index in [4.69, 9.17) is 9.47 Å². The third kappa shape index (κ3) is 2.57. The molecule has 2 aliphatic carbocycles. The Kier molecular flexibility index (Phi) is 3.92. The van der Waals surface area contributed by atoms with Crippen molar-refractivity contribution in [2.24, 2.45) is 22.7 Å². The number of hydrogen-bond donors (Lipinski definition) is 1. The molecule has 1 N–H and O–H groups in total. The van der Waals surface area contributed by atoms with Gasteiger partial charge >= 0.3 is 0 Å². The summed E-state index contributed by atoms with van der Waals surface area (Å²) in [5.41, 5.74) is 1.78. The summed E-state index contributed by atoms with van der Waals surface area (Å²) in [6.07, 6.45) is 6.40. The minimum atomic E-state index is -0.288. The van der Waals surface area contributed by atoms with Crippen molar-refractivity contribution in [3.8, 4) is 5.75 Å². The van der Waals surface area contributed by atoms with Crippen molar-refractivity contribution in [3.05, 3.63) is 29.8 Å². The Morgan fingerprint density at radius 2 is 1.79 bits per heavy atom. The summed E-state index contributed by atoms with van der Waals surface area (Å²) in [5, 5.41) is 9.47. The van der Waals surface area contributed by atoms with E-state index in [1.54, 1.807) is 12.1 Å². The van der Waals surface area contributed by atoms with Gasteiger partial charge in [0.15, 0.2) is 6.29 Å². The van der Waals surface area contributed by atoms with Gasteiger partial charge in [0.05, 0.1) is 12.7 Å². The molecule has 1 saturated heterocycles. The molecule has 3 nitrogen and oxygen atoms in total. The molecule has 3 aliphatic rings. The van der Waals surface area contributed by atoms with Crippen LogP contribution in [0, 0.1) is 22.7 Å². The molecule has 1 unspecified atom stereocenters. The van der Waals surface area contributed by atoms with Gasteiger partial charge in [-0.3, -0.25) is 0 Å². The average Bonchev–Trinajstić information content (AvgIpc) is 2.54. The third-order valence-electron chi connectivity index (χ3n) is 7.20. The maximum Gasteiger partial charge on any atom is 0.184 e. The van der Waals surface area contributed by atoms with E-state index in [-0.39, 0.29) is 12.0 Å². The Bertz CT molecular complexity index is 594. The SMILES string of the molecule is CC1(C)CCC[C@]2(C)C1CC[C@@H]1O[C@H](c3ccc(O)cc3)OC[C@H]12. The van der Waals surface area contributed by atoms with Gasteiger partial charge < -0.3 is 14.6 Å². The van der Waals surface area contributed by atoms with Crippen LogP contribution in [0.4, 0.5) is 0 Å². The van der Waals surface area contributed by atoms with Gasteiger partial charge in [0.2, 0.25) is 0 Å². The first-order valence-electron chi connectivity index (χ1n) is 9.46. The summed E-state index contributed by atoms with van der Waals surface area (Å²) in [4.78, 5) is 0. The summed E-state index contributed by atoms with van der Waals surface area (Å²) in [7, 11) is 0. The number of hydrogen-bond acceptors (Lipinski definition) is 3. The highest BCUT2D eigenvalue weighted by Gasteiger charge is 2.56. The second-order valence-electron chi connectivity index (χ2n) is 9.02. The molecule has 2 saturated carbocycles. The van der Waals surface area contributed by atoms with Crippen molar-refractivity contribution in [1.29, 1.82) is 0 Å². The van der Waals surface area contributed by atoms with Crippen LogP contribution in [0.15, 0.2) is 24.3 Å². The zero-order chi connectivity index (χ0) is 16.9. The van der Waals surface area contributed by atoms with Crippen LogP contribution in [0.2, 0.25) is 0 Å². The highest BCUT2D eigenvalue weighted by molar-refractivity contribution is 5.26. The largest absolute Gasteiger partial charge is 0.508 e. The number of benzene rings is 1. The molecule has 0 amide bonds. The Labute approximate surface area is 145 Å². The lowest BCUT2D eigenvalue weighted by Gasteiger charge is -2.60. The molecule has 1 heterocycles. The van der Waals surface area contributed by atoms with Crippen LogP contribution in [0.3, 0.4) is 0 Å². The Morgan fingerprint density at radius 3 is 2.54 bits per heavy atom. The number of phenolic OH excluding ortho intramolecular Hbond substituents is 1. The van der Waals surface area contributed by atoms with Crippen molar-refractivity contribution >= 4 is 0 Å². The lowest BCUT2D eigenvalue weighted by atomic mass is 9.48. The van der Waals surface area contributed by atoms with Gasteiger partial charge in [-0.25, -0.2) is 0 Å². The molecule has 1 aromatic carbocycles. The van der Waals surface area contributed by atoms with Crippen LogP contribution in [0.1, 0.15) is 64.7 Å². The van der Waals surface area contributed by atoms with E-state index < -0.39 is 0 Å². The second kappa shape index (κ2) is 5.74. The van der Waals surface area contributed by atoms with E-state index in [9.17, 15) is 5.11 Å². The first-order valence-corrected chi connectivity index (χ1v) is 9.46. The molecular formula is C21H30O3. The molecule has 0 radical (unpaired) electrons. The number of ether oxygens (including phenoxy) is 2. The predicted molar refractivity (Wildman–Crippen MR) is 93.6 cm³/mol. The Morgan fingerprint density at radius 1 is 1.04 bits per heavy atom.